The summed E-state index contributed by atoms with van der Waals surface area (Å²) in [4.78, 5) is 14.0. The molecule has 1 heterocycles. The lowest BCUT2D eigenvalue weighted by Gasteiger charge is -2.21. The molecule has 0 aromatic carbocycles. The molecule has 0 aliphatic carbocycles. The number of nitrogens with zero attached hydrogens (tertiary/aromatic N) is 1. The minimum Gasteiger partial charge on any atom is -0.341 e. The molecule has 0 aromatic rings. The summed E-state index contributed by atoms with van der Waals surface area (Å²) in [6.07, 6.45) is 5.58. The summed E-state index contributed by atoms with van der Waals surface area (Å²) in [5.41, 5.74) is 0. The van der Waals surface area contributed by atoms with Crippen LogP contribution in [0.4, 0.5) is 0 Å². The summed E-state index contributed by atoms with van der Waals surface area (Å²) in [6, 6.07) is 0.505. The Balaban J connectivity index is 2.31. The molecule has 0 bridgehead atoms. The predicted octanol–water partition coefficient (Wildman–Crippen LogP) is 2.41. The Morgan fingerprint density at radius 3 is 2.82 bits per heavy atom. The summed E-state index contributed by atoms with van der Waals surface area (Å²) in [6.45, 7) is 9.26. The van der Waals surface area contributed by atoms with Crippen molar-refractivity contribution in [3.63, 3.8) is 0 Å². The Morgan fingerprint density at radius 1 is 1.41 bits per heavy atom. The van der Waals surface area contributed by atoms with Crippen molar-refractivity contribution in [2.45, 2.75) is 58.9 Å². The molecule has 3 heteroatoms. The van der Waals surface area contributed by atoms with E-state index in [9.17, 15) is 4.79 Å². The van der Waals surface area contributed by atoms with Gasteiger partial charge in [-0.1, -0.05) is 33.6 Å². The second kappa shape index (κ2) is 7.70. The fourth-order valence-corrected chi connectivity index (χ4v) is 2.51. The Morgan fingerprint density at radius 2 is 2.18 bits per heavy atom. The average Bonchev–Trinajstić information content (AvgIpc) is 2.44. The van der Waals surface area contributed by atoms with Gasteiger partial charge in [0.05, 0.1) is 0 Å². The third kappa shape index (κ3) is 5.53. The van der Waals surface area contributed by atoms with Gasteiger partial charge in [-0.05, 0) is 18.8 Å². The van der Waals surface area contributed by atoms with E-state index in [2.05, 4.69) is 26.1 Å². The monoisotopic (exact) mass is 240 g/mol. The van der Waals surface area contributed by atoms with Crippen LogP contribution < -0.4 is 5.32 Å². The number of hydrogen-bond acceptors (Lipinski definition) is 2. The fraction of sp³-hybridized carbons (Fsp3) is 0.929. The first-order chi connectivity index (χ1) is 8.13. The van der Waals surface area contributed by atoms with Crippen LogP contribution in [0.15, 0.2) is 0 Å². The summed E-state index contributed by atoms with van der Waals surface area (Å²) in [7, 11) is 0. The van der Waals surface area contributed by atoms with Gasteiger partial charge in [0, 0.05) is 32.1 Å². The standard InChI is InChI=1S/C14H28N2O/c1-4-5-13-6-7-14(17)16(10-8-13)11-9-15-12(2)3/h12-13,15H,4-11H2,1-3H3. The predicted molar refractivity (Wildman–Crippen MR) is 72.0 cm³/mol. The zero-order valence-electron chi connectivity index (χ0n) is 11.7. The van der Waals surface area contributed by atoms with Crippen LogP contribution in [-0.2, 0) is 4.79 Å². The van der Waals surface area contributed by atoms with Crippen LogP contribution in [0.25, 0.3) is 0 Å². The molecule has 100 valence electrons. The van der Waals surface area contributed by atoms with E-state index >= 15 is 0 Å². The van der Waals surface area contributed by atoms with Crippen LogP contribution in [0.1, 0.15) is 52.9 Å². The van der Waals surface area contributed by atoms with Crippen LogP contribution in [0, 0.1) is 5.92 Å². The third-order valence-corrected chi connectivity index (χ3v) is 3.56. The molecule has 1 N–H and O–H groups in total. The van der Waals surface area contributed by atoms with E-state index in [1.807, 2.05) is 4.90 Å². The largest absolute Gasteiger partial charge is 0.341 e. The molecule has 1 saturated heterocycles. The van der Waals surface area contributed by atoms with Gasteiger partial charge in [0.1, 0.15) is 0 Å². The highest BCUT2D eigenvalue weighted by molar-refractivity contribution is 5.76. The van der Waals surface area contributed by atoms with Crippen LogP contribution in [-0.4, -0.2) is 36.5 Å². The number of carbonyl (C=O) groups excluding carboxylic acids is 1. The van der Waals surface area contributed by atoms with Crippen molar-refractivity contribution in [2.75, 3.05) is 19.6 Å². The first kappa shape index (κ1) is 14.5. The number of hydrogen-bond donors (Lipinski definition) is 1. The van der Waals surface area contributed by atoms with Crippen molar-refractivity contribution in [1.82, 2.24) is 10.2 Å². The van der Waals surface area contributed by atoms with E-state index in [1.54, 1.807) is 0 Å². The first-order valence-electron chi connectivity index (χ1n) is 7.14. The minimum atomic E-state index is 0.356. The van der Waals surface area contributed by atoms with Gasteiger partial charge in [0.2, 0.25) is 5.91 Å². The van der Waals surface area contributed by atoms with Crippen molar-refractivity contribution >= 4 is 5.91 Å². The van der Waals surface area contributed by atoms with Crippen LogP contribution >= 0.6 is 0 Å². The van der Waals surface area contributed by atoms with E-state index in [1.165, 1.54) is 19.3 Å². The number of rotatable bonds is 6. The van der Waals surface area contributed by atoms with Gasteiger partial charge < -0.3 is 10.2 Å². The molecule has 3 nitrogen and oxygen atoms in total. The zero-order valence-corrected chi connectivity index (χ0v) is 11.7. The number of likely N-dealkylation sites (tertiary alicyclic amines) is 1. The summed E-state index contributed by atoms with van der Waals surface area (Å²) in [5, 5.41) is 3.38. The second-order valence-corrected chi connectivity index (χ2v) is 5.47. The maximum absolute atomic E-state index is 11.9. The number of amides is 1. The van der Waals surface area contributed by atoms with E-state index in [0.717, 1.165) is 38.4 Å². The van der Waals surface area contributed by atoms with Gasteiger partial charge in [-0.25, -0.2) is 0 Å². The molecule has 1 aliphatic rings. The molecule has 0 spiro atoms. The summed E-state index contributed by atoms with van der Waals surface area (Å²) in [5.74, 6) is 1.13. The van der Waals surface area contributed by atoms with Crippen molar-refractivity contribution < 1.29 is 4.79 Å². The topological polar surface area (TPSA) is 32.3 Å². The quantitative estimate of drug-likeness (QED) is 0.773. The van der Waals surface area contributed by atoms with Crippen molar-refractivity contribution in [3.05, 3.63) is 0 Å². The van der Waals surface area contributed by atoms with Crippen molar-refractivity contribution in [1.29, 1.82) is 0 Å². The zero-order chi connectivity index (χ0) is 12.7. The molecule has 1 amide bonds. The lowest BCUT2D eigenvalue weighted by Crippen LogP contribution is -2.38. The molecular weight excluding hydrogens is 212 g/mol. The molecule has 0 saturated carbocycles. The average molecular weight is 240 g/mol. The second-order valence-electron chi connectivity index (χ2n) is 5.47. The maximum Gasteiger partial charge on any atom is 0.222 e. The molecule has 1 atom stereocenters. The van der Waals surface area contributed by atoms with Crippen LogP contribution in [0.2, 0.25) is 0 Å². The molecule has 0 radical (unpaired) electrons. The third-order valence-electron chi connectivity index (χ3n) is 3.56. The normalized spacial score (nSPS) is 22.0. The van der Waals surface area contributed by atoms with Gasteiger partial charge in [-0.15, -0.1) is 0 Å². The van der Waals surface area contributed by atoms with Crippen LogP contribution in [0.5, 0.6) is 0 Å². The summed E-state index contributed by atoms with van der Waals surface area (Å²) < 4.78 is 0. The molecule has 1 aliphatic heterocycles. The Labute approximate surface area is 106 Å². The maximum atomic E-state index is 11.9. The SMILES string of the molecule is CCCC1CCC(=O)N(CCNC(C)C)CC1. The van der Waals surface area contributed by atoms with Gasteiger partial charge in [0.25, 0.3) is 0 Å². The molecular formula is C14H28N2O. The van der Waals surface area contributed by atoms with Crippen molar-refractivity contribution in [2.24, 2.45) is 5.92 Å². The van der Waals surface area contributed by atoms with E-state index < -0.39 is 0 Å². The lowest BCUT2D eigenvalue weighted by molar-refractivity contribution is -0.130. The van der Waals surface area contributed by atoms with Gasteiger partial charge in [-0.2, -0.15) is 0 Å². The van der Waals surface area contributed by atoms with E-state index in [4.69, 9.17) is 0 Å². The highest BCUT2D eigenvalue weighted by Crippen LogP contribution is 2.22. The Bertz CT molecular complexity index is 228. The van der Waals surface area contributed by atoms with E-state index in [-0.39, 0.29) is 0 Å². The molecule has 1 rings (SSSR count). The molecule has 17 heavy (non-hydrogen) atoms. The number of nitrogens with one attached hydrogen (secondary N) is 1. The Hall–Kier alpha value is -0.570. The molecule has 1 fully saturated rings. The van der Waals surface area contributed by atoms with E-state index in [0.29, 0.717) is 11.9 Å². The molecule has 0 aromatic heterocycles. The van der Waals surface area contributed by atoms with Gasteiger partial charge in [-0.3, -0.25) is 4.79 Å². The number of carbonyl (C=O) groups is 1. The highest BCUT2D eigenvalue weighted by atomic mass is 16.2. The minimum absolute atomic E-state index is 0.356. The smallest absolute Gasteiger partial charge is 0.222 e. The lowest BCUT2D eigenvalue weighted by atomic mass is 9.96. The fourth-order valence-electron chi connectivity index (χ4n) is 2.51. The molecule has 1 unspecified atom stereocenters. The van der Waals surface area contributed by atoms with Gasteiger partial charge in [0.15, 0.2) is 0 Å². The summed E-state index contributed by atoms with van der Waals surface area (Å²) >= 11 is 0. The highest BCUT2D eigenvalue weighted by Gasteiger charge is 2.21. The van der Waals surface area contributed by atoms with Crippen LogP contribution in [0.3, 0.4) is 0 Å². The Kier molecular flexibility index (Phi) is 6.56. The van der Waals surface area contributed by atoms with Crippen molar-refractivity contribution in [3.8, 4) is 0 Å². The van der Waals surface area contributed by atoms with Gasteiger partial charge >= 0.3 is 0 Å². The first-order valence-corrected chi connectivity index (χ1v) is 7.14.